The first kappa shape index (κ1) is 11.0. The molecule has 1 aliphatic rings. The van der Waals surface area contributed by atoms with Gasteiger partial charge in [0.05, 0.1) is 0 Å². The van der Waals surface area contributed by atoms with E-state index in [0.29, 0.717) is 6.54 Å². The van der Waals surface area contributed by atoms with Gasteiger partial charge >= 0.3 is 0 Å². The van der Waals surface area contributed by atoms with Gasteiger partial charge in [0.1, 0.15) is 6.29 Å². The van der Waals surface area contributed by atoms with Crippen LogP contribution >= 0.6 is 0 Å². The minimum Gasteiger partial charge on any atom is -0.649 e. The molecule has 1 aromatic rings. The molecule has 0 spiro atoms. The molecule has 0 N–H and O–H groups in total. The van der Waals surface area contributed by atoms with Crippen LogP contribution in [0.3, 0.4) is 0 Å². The van der Waals surface area contributed by atoms with E-state index in [1.165, 1.54) is 11.1 Å². The van der Waals surface area contributed by atoms with Gasteiger partial charge in [-0.1, -0.05) is 35.9 Å². The van der Waals surface area contributed by atoms with Crippen LogP contribution in [0.1, 0.15) is 11.1 Å². The van der Waals surface area contributed by atoms with Crippen molar-refractivity contribution in [2.24, 2.45) is 0 Å². The van der Waals surface area contributed by atoms with Crippen molar-refractivity contribution in [2.75, 3.05) is 0 Å². The van der Waals surface area contributed by atoms with Crippen molar-refractivity contribution >= 4 is 6.29 Å². The van der Waals surface area contributed by atoms with Gasteiger partial charge in [0.2, 0.25) is 0 Å². The van der Waals surface area contributed by atoms with Crippen molar-refractivity contribution < 1.29 is 37.5 Å². The van der Waals surface area contributed by atoms with Gasteiger partial charge in [0, 0.05) is 32.7 Å². The Bertz CT molecular complexity index is 301. The van der Waals surface area contributed by atoms with Gasteiger partial charge in [-0.25, -0.2) is 0 Å². The molecule has 1 aromatic carbocycles. The fourth-order valence-electron chi connectivity index (χ4n) is 1.51. The Labute approximate surface area is 103 Å². The molecule has 0 bridgehead atoms. The van der Waals surface area contributed by atoms with Gasteiger partial charge in [-0.3, -0.25) is 0 Å². The smallest absolute Gasteiger partial charge is 0.102 e. The van der Waals surface area contributed by atoms with Gasteiger partial charge in [-0.2, -0.15) is 0 Å². The predicted octanol–water partition coefficient (Wildman–Crippen LogP) is 1.68. The third kappa shape index (κ3) is 2.46. The summed E-state index contributed by atoms with van der Waals surface area (Å²) in [4.78, 5) is 10.5. The number of carbonyl (C=O) groups excluding carboxylic acids is 1. The van der Waals surface area contributed by atoms with E-state index in [4.69, 9.17) is 0 Å². The SMILES string of the molecule is O=CC1Cc2ccccc2C[N-]1.[Y]. The molecule has 0 fully saturated rings. The molecule has 3 heteroatoms. The number of nitrogens with zero attached hydrogens (tertiary/aromatic N) is 1. The maximum Gasteiger partial charge on any atom is 0.102 e. The van der Waals surface area contributed by atoms with Crippen molar-refractivity contribution in [1.29, 1.82) is 0 Å². The molecule has 0 amide bonds. The van der Waals surface area contributed by atoms with Crippen LogP contribution in [0, 0.1) is 0 Å². The molecule has 13 heavy (non-hydrogen) atoms. The van der Waals surface area contributed by atoms with Crippen LogP contribution in [0.4, 0.5) is 0 Å². The largest absolute Gasteiger partial charge is 0.649 e. The van der Waals surface area contributed by atoms with Crippen LogP contribution in [0.25, 0.3) is 5.32 Å². The van der Waals surface area contributed by atoms with E-state index < -0.39 is 0 Å². The number of hydrogen-bond donors (Lipinski definition) is 0. The van der Waals surface area contributed by atoms with Gasteiger partial charge in [0.15, 0.2) is 0 Å². The minimum atomic E-state index is -0.111. The zero-order valence-corrected chi connectivity index (χ0v) is 10.1. The van der Waals surface area contributed by atoms with Gasteiger partial charge in [-0.15, -0.1) is 6.54 Å². The Kier molecular flexibility index (Phi) is 4.23. The van der Waals surface area contributed by atoms with Crippen LogP contribution in [0.15, 0.2) is 24.3 Å². The van der Waals surface area contributed by atoms with Crippen molar-refractivity contribution in [3.8, 4) is 0 Å². The van der Waals surface area contributed by atoms with Crippen molar-refractivity contribution in [2.45, 2.75) is 19.0 Å². The number of fused-ring (bicyclic) bond motifs is 1. The molecular weight excluding hydrogens is 239 g/mol. The van der Waals surface area contributed by atoms with Crippen molar-refractivity contribution in [1.82, 2.24) is 0 Å². The summed E-state index contributed by atoms with van der Waals surface area (Å²) in [7, 11) is 0. The summed E-state index contributed by atoms with van der Waals surface area (Å²) in [5, 5.41) is 4.22. The van der Waals surface area contributed by atoms with Crippen LogP contribution in [0.2, 0.25) is 0 Å². The predicted molar refractivity (Wildman–Crippen MR) is 47.1 cm³/mol. The molecule has 0 aliphatic carbocycles. The van der Waals surface area contributed by atoms with Gasteiger partial charge < -0.3 is 10.1 Å². The maximum absolute atomic E-state index is 10.5. The average Bonchev–Trinajstić information content (AvgIpc) is 2.17. The summed E-state index contributed by atoms with van der Waals surface area (Å²) in [6, 6.07) is 8.04. The first-order valence-corrected chi connectivity index (χ1v) is 4.09. The summed E-state index contributed by atoms with van der Waals surface area (Å²) < 4.78 is 0. The Morgan fingerprint density at radius 2 is 2.00 bits per heavy atom. The summed E-state index contributed by atoms with van der Waals surface area (Å²) in [6.07, 6.45) is 1.70. The summed E-state index contributed by atoms with van der Waals surface area (Å²) in [5.41, 5.74) is 2.53. The molecule has 0 aromatic heterocycles. The second-order valence-corrected chi connectivity index (χ2v) is 3.02. The van der Waals surface area contributed by atoms with Gasteiger partial charge in [0.25, 0.3) is 0 Å². The molecule has 0 saturated heterocycles. The van der Waals surface area contributed by atoms with Crippen molar-refractivity contribution in [3.05, 3.63) is 40.7 Å². The Hall–Kier alpha value is -0.0461. The number of hydrogen-bond acceptors (Lipinski definition) is 1. The molecule has 65 valence electrons. The van der Waals surface area contributed by atoms with Crippen molar-refractivity contribution in [3.63, 3.8) is 0 Å². The van der Waals surface area contributed by atoms with Crippen LogP contribution in [-0.2, 0) is 50.5 Å². The molecule has 1 atom stereocenters. The maximum atomic E-state index is 10.5. The second kappa shape index (κ2) is 4.99. The Morgan fingerprint density at radius 3 is 2.69 bits per heavy atom. The van der Waals surface area contributed by atoms with Crippen LogP contribution in [0.5, 0.6) is 0 Å². The summed E-state index contributed by atoms with van der Waals surface area (Å²) >= 11 is 0. The second-order valence-electron chi connectivity index (χ2n) is 3.02. The van der Waals surface area contributed by atoms with E-state index in [1.54, 1.807) is 0 Å². The first-order valence-electron chi connectivity index (χ1n) is 4.09. The molecule has 1 unspecified atom stereocenters. The first-order chi connectivity index (χ1) is 5.90. The van der Waals surface area contributed by atoms with Crippen LogP contribution in [-0.4, -0.2) is 12.3 Å². The number of aldehydes is 1. The molecule has 1 radical (unpaired) electrons. The average molecular weight is 249 g/mol. The quantitative estimate of drug-likeness (QED) is 0.696. The monoisotopic (exact) mass is 249 g/mol. The molecule has 0 saturated carbocycles. The molecule has 2 rings (SSSR count). The standard InChI is InChI=1S/C10H10NO.Y/c12-7-10-5-8-3-1-2-4-9(8)6-11-10;/h1-4,7,10H,5-6H2;/q-1;. The molecule has 1 aliphatic heterocycles. The Balaban J connectivity index is 0.000000845. The number of carbonyl (C=O) groups is 1. The van der Waals surface area contributed by atoms with E-state index >= 15 is 0 Å². The zero-order valence-electron chi connectivity index (χ0n) is 7.31. The van der Waals surface area contributed by atoms with E-state index in [1.807, 2.05) is 12.1 Å². The minimum absolute atomic E-state index is 0. The molecule has 1 heterocycles. The number of benzene rings is 1. The fraction of sp³-hybridized carbons (Fsp3) is 0.300. The molecule has 2 nitrogen and oxygen atoms in total. The summed E-state index contributed by atoms with van der Waals surface area (Å²) in [6.45, 7) is 0.694. The van der Waals surface area contributed by atoms with Crippen LogP contribution < -0.4 is 0 Å². The van der Waals surface area contributed by atoms with Gasteiger partial charge in [-0.05, 0) is 12.0 Å². The zero-order chi connectivity index (χ0) is 8.39. The fourth-order valence-corrected chi connectivity index (χ4v) is 1.51. The van der Waals surface area contributed by atoms with E-state index in [9.17, 15) is 4.79 Å². The molecular formula is C10H10NOY-. The summed E-state index contributed by atoms with van der Waals surface area (Å²) in [5.74, 6) is 0. The van der Waals surface area contributed by atoms with E-state index in [2.05, 4.69) is 17.4 Å². The topological polar surface area (TPSA) is 31.2 Å². The normalized spacial score (nSPS) is 19.8. The Morgan fingerprint density at radius 1 is 1.31 bits per heavy atom. The number of rotatable bonds is 1. The third-order valence-corrected chi connectivity index (χ3v) is 2.20. The van der Waals surface area contributed by atoms with E-state index in [0.717, 1.165) is 12.7 Å². The third-order valence-electron chi connectivity index (χ3n) is 2.20. The van der Waals surface area contributed by atoms with E-state index in [-0.39, 0.29) is 38.8 Å².